The molecule has 186 valence electrons. The minimum Gasteiger partial charge on any atom is -0.387 e. The van der Waals surface area contributed by atoms with Gasteiger partial charge in [-0.1, -0.05) is 0 Å². The van der Waals surface area contributed by atoms with Crippen LogP contribution < -0.4 is 5.32 Å². The Hall–Kier alpha value is -1.36. The van der Waals surface area contributed by atoms with Crippen LogP contribution in [0.5, 0.6) is 0 Å². The fourth-order valence-electron chi connectivity index (χ4n) is 2.90. The molecule has 0 aliphatic carbocycles. The van der Waals surface area contributed by atoms with Crippen molar-refractivity contribution < 1.29 is 61.4 Å². The highest BCUT2D eigenvalue weighted by molar-refractivity contribution is 7.66. The molecular weight excluding hydrogens is 515 g/mol. The Kier molecular flexibility index (Phi) is 7.73. The number of anilines is 1. The number of ether oxygens (including phenoxy) is 1. The number of aromatic nitrogens is 4. The molecule has 3 heterocycles. The molecule has 0 bridgehead atoms. The molecule has 0 radical (unpaired) electrons. The van der Waals surface area contributed by atoms with Gasteiger partial charge in [-0.3, -0.25) is 9.09 Å². The van der Waals surface area contributed by atoms with Crippen LogP contribution in [0, 0.1) is 0 Å². The fraction of sp³-hybridized carbons (Fsp3) is 0.583. The van der Waals surface area contributed by atoms with E-state index in [9.17, 15) is 28.8 Å². The largest absolute Gasteiger partial charge is 0.490 e. The molecule has 0 amide bonds. The van der Waals surface area contributed by atoms with Crippen LogP contribution in [0.4, 0.5) is 5.82 Å². The molecule has 33 heavy (non-hydrogen) atoms. The Morgan fingerprint density at radius 3 is 2.39 bits per heavy atom. The Morgan fingerprint density at radius 2 is 1.76 bits per heavy atom. The Morgan fingerprint density at radius 1 is 1.06 bits per heavy atom. The van der Waals surface area contributed by atoms with Crippen LogP contribution in [0.1, 0.15) is 13.2 Å². The molecule has 2 aromatic rings. The smallest absolute Gasteiger partial charge is 0.387 e. The van der Waals surface area contributed by atoms with Crippen LogP contribution in [-0.4, -0.2) is 80.8 Å². The summed E-state index contributed by atoms with van der Waals surface area (Å²) >= 11 is 0. The normalized spacial score (nSPS) is 27.4. The first-order valence-electron chi connectivity index (χ1n) is 8.94. The SMILES string of the molecule is CCNc1ncnc2c1ncn2[C@@H]1O[C@H](COP(=O)(O)OP(=O)(O)OP(=O)(O)O)[C@@H](O)[C@H]1O. The number of imidazole rings is 1. The number of hydrogen-bond acceptors (Lipinski definition) is 13. The molecule has 3 rings (SSSR count). The summed E-state index contributed by atoms with van der Waals surface area (Å²) in [4.78, 5) is 48.0. The van der Waals surface area contributed by atoms with Crippen molar-refractivity contribution in [2.24, 2.45) is 0 Å². The van der Waals surface area contributed by atoms with Crippen molar-refractivity contribution >= 4 is 40.4 Å². The molecule has 0 spiro atoms. The van der Waals surface area contributed by atoms with Crippen molar-refractivity contribution in [1.82, 2.24) is 19.5 Å². The number of hydrogen-bond donors (Lipinski definition) is 7. The Labute approximate surface area is 184 Å². The van der Waals surface area contributed by atoms with E-state index < -0.39 is 54.6 Å². The van der Waals surface area contributed by atoms with Crippen LogP contribution in [-0.2, 0) is 31.6 Å². The van der Waals surface area contributed by atoms with Gasteiger partial charge < -0.3 is 39.8 Å². The van der Waals surface area contributed by atoms with Gasteiger partial charge in [-0.15, -0.1) is 0 Å². The lowest BCUT2D eigenvalue weighted by atomic mass is 10.1. The summed E-state index contributed by atoms with van der Waals surface area (Å²) in [6.45, 7) is 1.44. The molecule has 6 atom stereocenters. The zero-order chi connectivity index (χ0) is 24.6. The summed E-state index contributed by atoms with van der Waals surface area (Å²) in [6.07, 6.45) is -3.43. The van der Waals surface area contributed by atoms with Gasteiger partial charge in [0.25, 0.3) is 0 Å². The van der Waals surface area contributed by atoms with Gasteiger partial charge in [-0.25, -0.2) is 28.6 Å². The van der Waals surface area contributed by atoms with E-state index in [0.29, 0.717) is 17.9 Å². The third kappa shape index (κ3) is 6.41. The minimum atomic E-state index is -5.70. The standard InChI is InChI=1S/C12H20N5O13P3/c1-2-13-10-7-11(15-4-14-10)17(5-16-7)12-9(19)8(18)6(28-12)3-27-32(23,24)30-33(25,26)29-31(20,21)22/h4-6,8-9,12,18-19H,2-3H2,1H3,(H,23,24)(H,25,26)(H,13,14,15)(H2,20,21,22)/t6-,8-,9-,12-/m1/s1. The topological polar surface area (TPSA) is 265 Å². The van der Waals surface area contributed by atoms with Crippen LogP contribution in [0.3, 0.4) is 0 Å². The summed E-state index contributed by atoms with van der Waals surface area (Å²) in [5.41, 5.74) is 0.590. The van der Waals surface area contributed by atoms with Crippen LogP contribution in [0.2, 0.25) is 0 Å². The first-order valence-corrected chi connectivity index (χ1v) is 13.5. The molecule has 2 aromatic heterocycles. The number of nitrogens with zero attached hydrogens (tertiary/aromatic N) is 4. The van der Waals surface area contributed by atoms with Crippen LogP contribution in [0.25, 0.3) is 11.2 Å². The van der Waals surface area contributed by atoms with E-state index in [1.165, 1.54) is 17.2 Å². The second-order valence-electron chi connectivity index (χ2n) is 6.51. The van der Waals surface area contributed by atoms with E-state index in [-0.39, 0.29) is 5.65 Å². The first-order chi connectivity index (χ1) is 15.2. The summed E-state index contributed by atoms with van der Waals surface area (Å²) in [6, 6.07) is 0. The number of aliphatic hydroxyl groups excluding tert-OH is 2. The predicted molar refractivity (Wildman–Crippen MR) is 105 cm³/mol. The second-order valence-corrected chi connectivity index (χ2v) is 10.9. The van der Waals surface area contributed by atoms with E-state index in [1.807, 2.05) is 6.92 Å². The van der Waals surface area contributed by atoms with E-state index in [2.05, 4.69) is 33.4 Å². The highest BCUT2D eigenvalue weighted by Crippen LogP contribution is 2.66. The third-order valence-electron chi connectivity index (χ3n) is 4.13. The minimum absolute atomic E-state index is 0.241. The Bertz CT molecular complexity index is 1140. The summed E-state index contributed by atoms with van der Waals surface area (Å²) < 4.78 is 52.3. The van der Waals surface area contributed by atoms with Crippen molar-refractivity contribution in [2.75, 3.05) is 18.5 Å². The Balaban J connectivity index is 1.71. The fourth-order valence-corrected chi connectivity index (χ4v) is 5.93. The van der Waals surface area contributed by atoms with Gasteiger partial charge in [-0.2, -0.15) is 8.62 Å². The lowest BCUT2D eigenvalue weighted by Crippen LogP contribution is -2.33. The molecule has 0 aromatic carbocycles. The molecule has 1 saturated heterocycles. The molecule has 1 fully saturated rings. The molecule has 2 unspecified atom stereocenters. The molecule has 7 N–H and O–H groups in total. The molecule has 1 aliphatic rings. The number of aliphatic hydroxyl groups is 2. The van der Waals surface area contributed by atoms with Crippen molar-refractivity contribution in [2.45, 2.75) is 31.5 Å². The highest BCUT2D eigenvalue weighted by atomic mass is 31.3. The van der Waals surface area contributed by atoms with Gasteiger partial charge in [0.1, 0.15) is 24.6 Å². The van der Waals surface area contributed by atoms with Gasteiger partial charge in [0, 0.05) is 6.54 Å². The van der Waals surface area contributed by atoms with Crippen molar-refractivity contribution in [3.05, 3.63) is 12.7 Å². The van der Waals surface area contributed by atoms with Crippen molar-refractivity contribution in [3.63, 3.8) is 0 Å². The van der Waals surface area contributed by atoms with E-state index >= 15 is 0 Å². The number of phosphoric acid groups is 3. The van der Waals surface area contributed by atoms with Crippen LogP contribution >= 0.6 is 23.5 Å². The van der Waals surface area contributed by atoms with E-state index in [1.54, 1.807) is 0 Å². The zero-order valence-corrected chi connectivity index (χ0v) is 19.2. The molecule has 1 aliphatic heterocycles. The van der Waals surface area contributed by atoms with Crippen LogP contribution in [0.15, 0.2) is 12.7 Å². The van der Waals surface area contributed by atoms with Gasteiger partial charge in [0.15, 0.2) is 23.2 Å². The van der Waals surface area contributed by atoms with Gasteiger partial charge >= 0.3 is 23.5 Å². The number of fused-ring (bicyclic) bond motifs is 1. The molecule has 0 saturated carbocycles. The summed E-state index contributed by atoms with van der Waals surface area (Å²) in [7, 11) is -16.7. The first kappa shape index (κ1) is 26.2. The maximum atomic E-state index is 11.9. The monoisotopic (exact) mass is 535 g/mol. The third-order valence-corrected chi connectivity index (χ3v) is 7.93. The summed E-state index contributed by atoms with van der Waals surface area (Å²) in [5.74, 6) is 0.415. The van der Waals surface area contributed by atoms with Crippen molar-refractivity contribution in [1.29, 1.82) is 0 Å². The quantitative estimate of drug-likeness (QED) is 0.184. The maximum Gasteiger partial charge on any atom is 0.490 e. The number of rotatable bonds is 10. The molecular formula is C12H20N5O13P3. The van der Waals surface area contributed by atoms with E-state index in [0.717, 1.165) is 0 Å². The number of nitrogens with one attached hydrogen (secondary N) is 1. The van der Waals surface area contributed by atoms with E-state index in [4.69, 9.17) is 19.4 Å². The average molecular weight is 535 g/mol. The lowest BCUT2D eigenvalue weighted by Gasteiger charge is -2.19. The number of phosphoric ester groups is 1. The van der Waals surface area contributed by atoms with Gasteiger partial charge in [-0.05, 0) is 6.92 Å². The van der Waals surface area contributed by atoms with Gasteiger partial charge in [0.05, 0.1) is 12.9 Å². The average Bonchev–Trinajstić information content (AvgIpc) is 3.20. The van der Waals surface area contributed by atoms with Gasteiger partial charge in [0.2, 0.25) is 0 Å². The summed E-state index contributed by atoms with van der Waals surface area (Å²) in [5, 5.41) is 23.6. The second kappa shape index (κ2) is 9.71. The molecule has 21 heteroatoms. The zero-order valence-electron chi connectivity index (χ0n) is 16.5. The maximum absolute atomic E-state index is 11.9. The molecule has 18 nitrogen and oxygen atoms in total. The lowest BCUT2D eigenvalue weighted by molar-refractivity contribution is -0.0503. The highest BCUT2D eigenvalue weighted by Gasteiger charge is 2.47. The van der Waals surface area contributed by atoms with Crippen molar-refractivity contribution in [3.8, 4) is 0 Å². The predicted octanol–water partition coefficient (Wildman–Crippen LogP) is -0.779.